The van der Waals surface area contributed by atoms with Gasteiger partial charge < -0.3 is 9.15 Å². The maximum Gasteiger partial charge on any atom is 0.277 e. The van der Waals surface area contributed by atoms with E-state index in [9.17, 15) is 4.79 Å². The lowest BCUT2D eigenvalue weighted by Gasteiger charge is -2.08. The molecule has 5 heteroatoms. The van der Waals surface area contributed by atoms with Crippen molar-refractivity contribution in [3.8, 4) is 5.75 Å². The Bertz CT molecular complexity index is 833. The molecule has 0 unspecified atom stereocenters. The van der Waals surface area contributed by atoms with Gasteiger partial charge in [0.15, 0.2) is 6.61 Å². The monoisotopic (exact) mass is 308 g/mol. The Labute approximate surface area is 133 Å². The van der Waals surface area contributed by atoms with Gasteiger partial charge in [-0.3, -0.25) is 4.79 Å². The van der Waals surface area contributed by atoms with E-state index in [0.29, 0.717) is 17.2 Å². The highest BCUT2D eigenvalue weighted by molar-refractivity contribution is 5.96. The lowest BCUT2D eigenvalue weighted by Crippen LogP contribution is -2.25. The second-order valence-electron chi connectivity index (χ2n) is 4.98. The highest BCUT2D eigenvalue weighted by Gasteiger charge is 2.06. The molecule has 0 atom stereocenters. The third-order valence-electron chi connectivity index (χ3n) is 3.33. The molecule has 0 bridgehead atoms. The maximum absolute atomic E-state index is 11.9. The molecule has 3 aromatic rings. The molecule has 1 amide bonds. The number of ether oxygens (including phenoxy) is 1. The zero-order chi connectivity index (χ0) is 16.1. The van der Waals surface area contributed by atoms with Crippen LogP contribution in [-0.4, -0.2) is 18.2 Å². The Balaban J connectivity index is 1.61. The largest absolute Gasteiger partial charge is 0.483 e. The van der Waals surface area contributed by atoms with E-state index in [2.05, 4.69) is 10.5 Å². The van der Waals surface area contributed by atoms with Crippen LogP contribution in [-0.2, 0) is 4.79 Å². The Morgan fingerprint density at radius 3 is 2.78 bits per heavy atom. The third kappa shape index (κ3) is 3.58. The molecule has 3 rings (SSSR count). The van der Waals surface area contributed by atoms with E-state index in [1.54, 1.807) is 25.3 Å². The van der Waals surface area contributed by atoms with Gasteiger partial charge in [0.2, 0.25) is 0 Å². The zero-order valence-corrected chi connectivity index (χ0v) is 12.7. The molecule has 0 spiro atoms. The summed E-state index contributed by atoms with van der Waals surface area (Å²) in [6, 6.07) is 17.1. The molecular weight excluding hydrogens is 292 g/mol. The van der Waals surface area contributed by atoms with Gasteiger partial charge in [0.1, 0.15) is 17.2 Å². The number of hydrogen-bond donors (Lipinski definition) is 1. The van der Waals surface area contributed by atoms with Crippen molar-refractivity contribution < 1.29 is 13.9 Å². The van der Waals surface area contributed by atoms with E-state index in [4.69, 9.17) is 9.15 Å². The van der Waals surface area contributed by atoms with E-state index in [1.807, 2.05) is 42.5 Å². The van der Waals surface area contributed by atoms with Crippen LogP contribution in [0, 0.1) is 0 Å². The summed E-state index contributed by atoms with van der Waals surface area (Å²) in [5.74, 6) is 0.953. The second-order valence-corrected chi connectivity index (χ2v) is 4.98. The van der Waals surface area contributed by atoms with Gasteiger partial charge in [-0.05, 0) is 30.5 Å². The molecule has 5 nitrogen and oxygen atoms in total. The van der Waals surface area contributed by atoms with Crippen LogP contribution in [0.2, 0.25) is 0 Å². The van der Waals surface area contributed by atoms with Crippen molar-refractivity contribution in [2.45, 2.75) is 6.92 Å². The minimum Gasteiger partial charge on any atom is -0.483 e. The number of fused-ring (bicyclic) bond motifs is 1. The van der Waals surface area contributed by atoms with Crippen molar-refractivity contribution in [2.24, 2.45) is 5.10 Å². The lowest BCUT2D eigenvalue weighted by molar-refractivity contribution is -0.123. The lowest BCUT2D eigenvalue weighted by atomic mass is 10.1. The molecule has 0 fully saturated rings. The number of hydrogen-bond acceptors (Lipinski definition) is 4. The van der Waals surface area contributed by atoms with Crippen LogP contribution >= 0.6 is 0 Å². The number of carbonyl (C=O) groups excluding carboxylic acids is 1. The maximum atomic E-state index is 11.9. The fourth-order valence-electron chi connectivity index (χ4n) is 2.18. The molecule has 0 radical (unpaired) electrons. The third-order valence-corrected chi connectivity index (χ3v) is 3.33. The summed E-state index contributed by atoms with van der Waals surface area (Å²) in [6.07, 6.45) is 1.56. The predicted octanol–water partition coefficient (Wildman–Crippen LogP) is 3.35. The summed E-state index contributed by atoms with van der Waals surface area (Å²) >= 11 is 0. The Morgan fingerprint density at radius 2 is 1.96 bits per heavy atom. The van der Waals surface area contributed by atoms with E-state index < -0.39 is 0 Å². The second kappa shape index (κ2) is 6.79. The molecule has 0 aliphatic rings. The standard InChI is InChI=1S/C18H16N2O3/c1-13(16-10-5-11-22-16)19-20-18(21)12-23-17-9-4-7-14-6-2-3-8-15(14)17/h2-11H,12H2,1H3,(H,20,21). The zero-order valence-electron chi connectivity index (χ0n) is 12.7. The summed E-state index contributed by atoms with van der Waals surface area (Å²) in [6.45, 7) is 1.65. The van der Waals surface area contributed by atoms with Crippen molar-refractivity contribution in [2.75, 3.05) is 6.61 Å². The number of carbonyl (C=O) groups is 1. The van der Waals surface area contributed by atoms with Gasteiger partial charge in [-0.1, -0.05) is 36.4 Å². The van der Waals surface area contributed by atoms with Crippen LogP contribution in [0.4, 0.5) is 0 Å². The van der Waals surface area contributed by atoms with Crippen LogP contribution in [0.3, 0.4) is 0 Å². The topological polar surface area (TPSA) is 63.8 Å². The smallest absolute Gasteiger partial charge is 0.277 e. The fraction of sp³-hybridized carbons (Fsp3) is 0.111. The van der Waals surface area contributed by atoms with Crippen LogP contribution < -0.4 is 10.2 Å². The number of amides is 1. The molecule has 116 valence electrons. The van der Waals surface area contributed by atoms with Crippen molar-refractivity contribution >= 4 is 22.4 Å². The summed E-state index contributed by atoms with van der Waals surface area (Å²) in [5.41, 5.74) is 3.04. The summed E-state index contributed by atoms with van der Waals surface area (Å²) in [5, 5.41) is 6.02. The van der Waals surface area contributed by atoms with E-state index >= 15 is 0 Å². The van der Waals surface area contributed by atoms with Crippen molar-refractivity contribution in [1.82, 2.24) is 5.43 Å². The van der Waals surface area contributed by atoms with Gasteiger partial charge >= 0.3 is 0 Å². The Kier molecular flexibility index (Phi) is 4.38. The number of hydrazone groups is 1. The molecule has 1 N–H and O–H groups in total. The number of nitrogens with one attached hydrogen (secondary N) is 1. The molecule has 0 saturated carbocycles. The summed E-state index contributed by atoms with van der Waals surface area (Å²) in [7, 11) is 0. The number of nitrogens with zero attached hydrogens (tertiary/aromatic N) is 1. The number of benzene rings is 2. The van der Waals surface area contributed by atoms with Crippen molar-refractivity contribution in [1.29, 1.82) is 0 Å². The van der Waals surface area contributed by atoms with Crippen LogP contribution in [0.1, 0.15) is 12.7 Å². The molecule has 2 aromatic carbocycles. The number of furan rings is 1. The first-order chi connectivity index (χ1) is 11.2. The highest BCUT2D eigenvalue weighted by Crippen LogP contribution is 2.24. The van der Waals surface area contributed by atoms with Gasteiger partial charge in [0, 0.05) is 5.39 Å². The van der Waals surface area contributed by atoms with Gasteiger partial charge in [-0.2, -0.15) is 5.10 Å². The molecule has 1 aromatic heterocycles. The Morgan fingerprint density at radius 1 is 1.13 bits per heavy atom. The van der Waals surface area contributed by atoms with Gasteiger partial charge in [0.25, 0.3) is 5.91 Å². The molecular formula is C18H16N2O3. The predicted molar refractivity (Wildman–Crippen MR) is 88.5 cm³/mol. The summed E-state index contributed by atoms with van der Waals surface area (Å²) < 4.78 is 10.8. The first-order valence-corrected chi connectivity index (χ1v) is 7.21. The normalized spacial score (nSPS) is 11.4. The van der Waals surface area contributed by atoms with Crippen LogP contribution in [0.5, 0.6) is 5.75 Å². The SMILES string of the molecule is CC(=NNC(=O)COc1cccc2ccccc12)c1ccco1. The van der Waals surface area contributed by atoms with Gasteiger partial charge in [-0.25, -0.2) is 5.43 Å². The van der Waals surface area contributed by atoms with E-state index in [-0.39, 0.29) is 12.5 Å². The molecule has 0 aliphatic carbocycles. The highest BCUT2D eigenvalue weighted by atomic mass is 16.5. The first-order valence-electron chi connectivity index (χ1n) is 7.21. The molecule has 23 heavy (non-hydrogen) atoms. The summed E-state index contributed by atoms with van der Waals surface area (Å²) in [4.78, 5) is 11.9. The van der Waals surface area contributed by atoms with Gasteiger partial charge in [-0.15, -0.1) is 0 Å². The average Bonchev–Trinajstić information content (AvgIpc) is 3.12. The minimum atomic E-state index is -0.330. The molecule has 0 aliphatic heterocycles. The van der Waals surface area contributed by atoms with E-state index in [0.717, 1.165) is 10.8 Å². The number of rotatable bonds is 5. The van der Waals surface area contributed by atoms with Crippen LogP contribution in [0.25, 0.3) is 10.8 Å². The van der Waals surface area contributed by atoms with Gasteiger partial charge in [0.05, 0.1) is 6.26 Å². The average molecular weight is 308 g/mol. The van der Waals surface area contributed by atoms with Crippen molar-refractivity contribution in [3.63, 3.8) is 0 Å². The first kappa shape index (κ1) is 14.8. The Hall–Kier alpha value is -3.08. The fourth-order valence-corrected chi connectivity index (χ4v) is 2.18. The molecule has 1 heterocycles. The van der Waals surface area contributed by atoms with Crippen LogP contribution in [0.15, 0.2) is 70.4 Å². The van der Waals surface area contributed by atoms with E-state index in [1.165, 1.54) is 0 Å². The molecule has 0 saturated heterocycles. The van der Waals surface area contributed by atoms with Crippen molar-refractivity contribution in [3.05, 3.63) is 66.6 Å². The minimum absolute atomic E-state index is 0.108. The quantitative estimate of drug-likeness (QED) is 0.580.